The lowest BCUT2D eigenvalue weighted by molar-refractivity contribution is -0.0212. The number of rotatable bonds is 5. The minimum Gasteiger partial charge on any atom is -0.376 e. The summed E-state index contributed by atoms with van der Waals surface area (Å²) in [5.41, 5.74) is 2.64. The van der Waals surface area contributed by atoms with Gasteiger partial charge in [0.1, 0.15) is 0 Å². The second-order valence-corrected chi connectivity index (χ2v) is 6.95. The van der Waals surface area contributed by atoms with Gasteiger partial charge in [-0.3, -0.25) is 9.89 Å². The third kappa shape index (κ3) is 5.58. The maximum absolute atomic E-state index is 5.62. The molecular weight excluding hydrogens is 312 g/mol. The Morgan fingerprint density at radius 3 is 2.84 bits per heavy atom. The van der Waals surface area contributed by atoms with E-state index >= 15 is 0 Å². The Morgan fingerprint density at radius 2 is 2.08 bits per heavy atom. The highest BCUT2D eigenvalue weighted by atomic mass is 16.5. The van der Waals surface area contributed by atoms with Crippen LogP contribution in [0, 0.1) is 0 Å². The van der Waals surface area contributed by atoms with Crippen molar-refractivity contribution in [1.29, 1.82) is 0 Å². The molecule has 1 saturated heterocycles. The summed E-state index contributed by atoms with van der Waals surface area (Å²) in [6, 6.07) is 9.29. The maximum Gasteiger partial charge on any atom is 0.191 e. The number of nitrogens with zero attached hydrogens (tertiary/aromatic N) is 2. The van der Waals surface area contributed by atoms with E-state index in [9.17, 15) is 0 Å². The van der Waals surface area contributed by atoms with E-state index in [2.05, 4.69) is 63.9 Å². The SMILES string of the molecule is CN=C(NCc1cccc(CN2CCOC(C)C2)c1)NC1CC=CC1. The Hall–Kier alpha value is -1.85. The number of morpholine rings is 1. The minimum absolute atomic E-state index is 0.332. The first-order valence-electron chi connectivity index (χ1n) is 9.27. The molecule has 0 saturated carbocycles. The van der Waals surface area contributed by atoms with Crippen molar-refractivity contribution in [1.82, 2.24) is 15.5 Å². The molecule has 1 fully saturated rings. The third-order valence-corrected chi connectivity index (χ3v) is 4.76. The third-order valence-electron chi connectivity index (χ3n) is 4.76. The summed E-state index contributed by atoms with van der Waals surface area (Å²) in [7, 11) is 1.83. The molecule has 1 heterocycles. The van der Waals surface area contributed by atoms with Crippen molar-refractivity contribution in [3.05, 3.63) is 47.5 Å². The molecule has 1 atom stereocenters. The second kappa shape index (κ2) is 9.02. The summed E-state index contributed by atoms with van der Waals surface area (Å²) in [6.07, 6.45) is 6.93. The number of hydrogen-bond donors (Lipinski definition) is 2. The van der Waals surface area contributed by atoms with Gasteiger partial charge in [0.05, 0.1) is 12.7 Å². The van der Waals surface area contributed by atoms with Crippen molar-refractivity contribution in [3.8, 4) is 0 Å². The summed E-state index contributed by atoms with van der Waals surface area (Å²) in [4.78, 5) is 6.80. The van der Waals surface area contributed by atoms with Gasteiger partial charge >= 0.3 is 0 Å². The lowest BCUT2D eigenvalue weighted by Crippen LogP contribution is -2.42. The highest BCUT2D eigenvalue weighted by Gasteiger charge is 2.16. The molecule has 2 N–H and O–H groups in total. The van der Waals surface area contributed by atoms with Crippen molar-refractivity contribution < 1.29 is 4.74 Å². The summed E-state index contributed by atoms with van der Waals surface area (Å²) in [5, 5.41) is 6.90. The van der Waals surface area contributed by atoms with Gasteiger partial charge in [-0.1, -0.05) is 36.4 Å². The molecule has 25 heavy (non-hydrogen) atoms. The standard InChI is InChI=1S/C20H30N4O/c1-16-14-24(10-11-25-16)15-18-7-5-6-17(12-18)13-22-20(21-2)23-19-8-3-4-9-19/h3-7,12,16,19H,8-11,13-15H2,1-2H3,(H2,21,22,23). The van der Waals surface area contributed by atoms with Crippen LogP contribution in [-0.2, 0) is 17.8 Å². The average molecular weight is 342 g/mol. The van der Waals surface area contributed by atoms with E-state index in [1.807, 2.05) is 7.05 Å². The fraction of sp³-hybridized carbons (Fsp3) is 0.550. The molecule has 5 heteroatoms. The average Bonchev–Trinajstić information content (AvgIpc) is 3.12. The Bertz CT molecular complexity index is 605. The van der Waals surface area contributed by atoms with Gasteiger partial charge in [-0.15, -0.1) is 0 Å². The van der Waals surface area contributed by atoms with Gasteiger partial charge in [0.2, 0.25) is 0 Å². The number of hydrogen-bond acceptors (Lipinski definition) is 3. The normalized spacial score (nSPS) is 22.3. The molecule has 0 aromatic heterocycles. The molecule has 0 bridgehead atoms. The van der Waals surface area contributed by atoms with Gasteiger partial charge < -0.3 is 15.4 Å². The maximum atomic E-state index is 5.62. The van der Waals surface area contributed by atoms with Gasteiger partial charge in [-0.2, -0.15) is 0 Å². The van der Waals surface area contributed by atoms with Gasteiger partial charge in [0, 0.05) is 39.3 Å². The molecule has 2 aliphatic rings. The van der Waals surface area contributed by atoms with Crippen LogP contribution in [0.4, 0.5) is 0 Å². The molecule has 1 unspecified atom stereocenters. The Balaban J connectivity index is 1.50. The first-order chi connectivity index (χ1) is 12.2. The van der Waals surface area contributed by atoms with E-state index in [1.54, 1.807) is 0 Å². The van der Waals surface area contributed by atoms with Crippen molar-refractivity contribution in [2.24, 2.45) is 4.99 Å². The molecule has 0 amide bonds. The highest BCUT2D eigenvalue weighted by Crippen LogP contribution is 2.12. The van der Waals surface area contributed by atoms with Crippen LogP contribution in [0.5, 0.6) is 0 Å². The first kappa shape index (κ1) is 18.0. The van der Waals surface area contributed by atoms with E-state index in [0.717, 1.165) is 51.6 Å². The summed E-state index contributed by atoms with van der Waals surface area (Å²) < 4.78 is 5.62. The lowest BCUT2D eigenvalue weighted by atomic mass is 10.1. The number of nitrogens with one attached hydrogen (secondary N) is 2. The van der Waals surface area contributed by atoms with Crippen molar-refractivity contribution in [3.63, 3.8) is 0 Å². The zero-order valence-corrected chi connectivity index (χ0v) is 15.4. The fourth-order valence-corrected chi connectivity index (χ4v) is 3.44. The smallest absolute Gasteiger partial charge is 0.191 e. The molecule has 1 aliphatic carbocycles. The number of guanidine groups is 1. The topological polar surface area (TPSA) is 48.9 Å². The molecule has 1 aromatic carbocycles. The molecular formula is C20H30N4O. The molecule has 3 rings (SSSR count). The molecule has 1 aliphatic heterocycles. The van der Waals surface area contributed by atoms with Gasteiger partial charge in [-0.05, 0) is 30.9 Å². The van der Waals surface area contributed by atoms with Crippen LogP contribution in [-0.4, -0.2) is 49.7 Å². The fourth-order valence-electron chi connectivity index (χ4n) is 3.44. The molecule has 1 aromatic rings. The van der Waals surface area contributed by atoms with Gasteiger partial charge in [0.25, 0.3) is 0 Å². The zero-order chi connectivity index (χ0) is 17.5. The summed E-state index contributed by atoms with van der Waals surface area (Å²) in [5.74, 6) is 0.876. The Kier molecular flexibility index (Phi) is 6.48. The summed E-state index contributed by atoms with van der Waals surface area (Å²) >= 11 is 0. The Morgan fingerprint density at radius 1 is 1.28 bits per heavy atom. The van der Waals surface area contributed by atoms with Crippen LogP contribution < -0.4 is 10.6 Å². The number of benzene rings is 1. The number of aliphatic imine (C=N–C) groups is 1. The van der Waals surface area contributed by atoms with E-state index < -0.39 is 0 Å². The number of ether oxygens (including phenoxy) is 1. The second-order valence-electron chi connectivity index (χ2n) is 6.95. The minimum atomic E-state index is 0.332. The van der Waals surface area contributed by atoms with Crippen LogP contribution in [0.25, 0.3) is 0 Å². The van der Waals surface area contributed by atoms with Crippen LogP contribution in [0.2, 0.25) is 0 Å². The molecule has 0 spiro atoms. The largest absolute Gasteiger partial charge is 0.376 e. The van der Waals surface area contributed by atoms with Crippen molar-refractivity contribution in [2.75, 3.05) is 26.7 Å². The predicted molar refractivity (Wildman–Crippen MR) is 103 cm³/mol. The highest BCUT2D eigenvalue weighted by molar-refractivity contribution is 5.80. The van der Waals surface area contributed by atoms with Crippen molar-refractivity contribution >= 4 is 5.96 Å². The molecule has 136 valence electrons. The van der Waals surface area contributed by atoms with Crippen LogP contribution in [0.1, 0.15) is 30.9 Å². The predicted octanol–water partition coefficient (Wildman–Crippen LogP) is 2.29. The summed E-state index contributed by atoms with van der Waals surface area (Å²) in [6.45, 7) is 6.77. The molecule has 5 nitrogen and oxygen atoms in total. The van der Waals surface area contributed by atoms with E-state index in [0.29, 0.717) is 12.1 Å². The first-order valence-corrected chi connectivity index (χ1v) is 9.27. The Labute approximate surface area is 151 Å². The van der Waals surface area contributed by atoms with Crippen LogP contribution in [0.15, 0.2) is 41.4 Å². The lowest BCUT2D eigenvalue weighted by Gasteiger charge is -2.31. The van der Waals surface area contributed by atoms with Gasteiger partial charge in [0.15, 0.2) is 5.96 Å². The molecule has 0 radical (unpaired) electrons. The zero-order valence-electron chi connectivity index (χ0n) is 15.4. The van der Waals surface area contributed by atoms with Crippen LogP contribution >= 0.6 is 0 Å². The van der Waals surface area contributed by atoms with E-state index in [1.165, 1.54) is 11.1 Å². The van der Waals surface area contributed by atoms with Crippen LogP contribution in [0.3, 0.4) is 0 Å². The quantitative estimate of drug-likeness (QED) is 0.490. The monoisotopic (exact) mass is 342 g/mol. The van der Waals surface area contributed by atoms with Gasteiger partial charge in [-0.25, -0.2) is 0 Å². The van der Waals surface area contributed by atoms with E-state index in [-0.39, 0.29) is 0 Å². The van der Waals surface area contributed by atoms with E-state index in [4.69, 9.17) is 4.74 Å². The van der Waals surface area contributed by atoms with Crippen molar-refractivity contribution in [2.45, 2.75) is 45.0 Å².